The van der Waals surface area contributed by atoms with Crippen molar-refractivity contribution in [3.63, 3.8) is 0 Å². The van der Waals surface area contributed by atoms with E-state index >= 15 is 0 Å². The van der Waals surface area contributed by atoms with Crippen molar-refractivity contribution in [1.29, 1.82) is 0 Å². The molecule has 0 fully saturated rings. The number of fused-ring (bicyclic) bond motifs is 1. The lowest BCUT2D eigenvalue weighted by molar-refractivity contribution is 0.451. The van der Waals surface area contributed by atoms with E-state index in [1.54, 1.807) is 0 Å². The predicted molar refractivity (Wildman–Crippen MR) is 72.4 cm³/mol. The lowest BCUT2D eigenvalue weighted by Gasteiger charge is -2.09. The maximum Gasteiger partial charge on any atom is 0.137 e. The number of benzene rings is 1. The summed E-state index contributed by atoms with van der Waals surface area (Å²) >= 11 is 0. The van der Waals surface area contributed by atoms with Gasteiger partial charge in [0.2, 0.25) is 0 Å². The first-order valence-corrected chi connectivity index (χ1v) is 6.36. The van der Waals surface area contributed by atoms with E-state index in [0.717, 1.165) is 24.3 Å². The van der Waals surface area contributed by atoms with Gasteiger partial charge in [-0.3, -0.25) is 0 Å². The van der Waals surface area contributed by atoms with Gasteiger partial charge in [-0.05, 0) is 50.9 Å². The molecular weight excluding hydrogens is 210 g/mol. The lowest BCUT2D eigenvalue weighted by Crippen LogP contribution is -2.18. The third kappa shape index (κ3) is 2.37. The van der Waals surface area contributed by atoms with Gasteiger partial charge in [0.25, 0.3) is 0 Å². The highest BCUT2D eigenvalue weighted by molar-refractivity contribution is 5.82. The van der Waals surface area contributed by atoms with Crippen molar-refractivity contribution in [2.75, 3.05) is 6.54 Å². The fourth-order valence-electron chi connectivity index (χ4n) is 2.04. The van der Waals surface area contributed by atoms with Crippen LogP contribution in [0.5, 0.6) is 0 Å². The molecule has 1 aromatic carbocycles. The van der Waals surface area contributed by atoms with Gasteiger partial charge in [0.15, 0.2) is 0 Å². The van der Waals surface area contributed by atoms with Gasteiger partial charge in [-0.2, -0.15) is 0 Å². The molecule has 1 aromatic heterocycles. The topological polar surface area (TPSA) is 25.2 Å². The van der Waals surface area contributed by atoms with Crippen LogP contribution in [0.4, 0.5) is 0 Å². The summed E-state index contributed by atoms with van der Waals surface area (Å²) in [7, 11) is 0. The Balaban J connectivity index is 2.34. The van der Waals surface area contributed by atoms with E-state index in [1.807, 2.05) is 0 Å². The summed E-state index contributed by atoms with van der Waals surface area (Å²) in [5.41, 5.74) is 3.56. The molecule has 0 saturated carbocycles. The molecular formula is C15H21NO. The summed E-state index contributed by atoms with van der Waals surface area (Å²) in [6.07, 6.45) is 1.14. The molecule has 0 bridgehead atoms. The molecule has 1 N–H and O–H groups in total. The van der Waals surface area contributed by atoms with E-state index in [-0.39, 0.29) is 6.04 Å². The van der Waals surface area contributed by atoms with Crippen LogP contribution in [-0.4, -0.2) is 6.54 Å². The second kappa shape index (κ2) is 4.92. The highest BCUT2D eigenvalue weighted by Crippen LogP contribution is 2.27. The molecule has 17 heavy (non-hydrogen) atoms. The van der Waals surface area contributed by atoms with Crippen LogP contribution in [0.3, 0.4) is 0 Å². The Morgan fingerprint density at radius 3 is 2.76 bits per heavy atom. The SMILES string of the molecule is CCCNC(C)c1cc2ccc(C)c(C)c2o1. The standard InChI is InChI=1S/C15H21NO/c1-5-8-16-12(4)14-9-13-7-6-10(2)11(3)15(13)17-14/h6-7,9,12,16H,5,8H2,1-4H3. The van der Waals surface area contributed by atoms with Crippen LogP contribution in [0.15, 0.2) is 22.6 Å². The molecule has 0 aliphatic heterocycles. The van der Waals surface area contributed by atoms with Crippen LogP contribution in [0.2, 0.25) is 0 Å². The first-order chi connectivity index (χ1) is 8.13. The smallest absolute Gasteiger partial charge is 0.137 e. The third-order valence-corrected chi connectivity index (χ3v) is 3.35. The Kier molecular flexibility index (Phi) is 3.53. The summed E-state index contributed by atoms with van der Waals surface area (Å²) in [6, 6.07) is 6.72. The van der Waals surface area contributed by atoms with Crippen molar-refractivity contribution in [3.05, 3.63) is 35.1 Å². The number of rotatable bonds is 4. The number of aryl methyl sites for hydroxylation is 2. The minimum Gasteiger partial charge on any atom is -0.459 e. The van der Waals surface area contributed by atoms with Crippen LogP contribution < -0.4 is 5.32 Å². The van der Waals surface area contributed by atoms with Gasteiger partial charge in [-0.15, -0.1) is 0 Å². The molecule has 0 radical (unpaired) electrons. The van der Waals surface area contributed by atoms with Crippen LogP contribution in [0.1, 0.15) is 43.2 Å². The van der Waals surface area contributed by atoms with Crippen molar-refractivity contribution < 1.29 is 4.42 Å². The summed E-state index contributed by atoms with van der Waals surface area (Å²) in [5.74, 6) is 1.03. The monoisotopic (exact) mass is 231 g/mol. The number of furan rings is 1. The fraction of sp³-hybridized carbons (Fsp3) is 0.467. The van der Waals surface area contributed by atoms with Crippen LogP contribution in [0.25, 0.3) is 11.0 Å². The summed E-state index contributed by atoms with van der Waals surface area (Å²) in [4.78, 5) is 0. The largest absolute Gasteiger partial charge is 0.459 e. The van der Waals surface area contributed by atoms with Crippen LogP contribution in [-0.2, 0) is 0 Å². The van der Waals surface area contributed by atoms with E-state index in [4.69, 9.17) is 4.42 Å². The van der Waals surface area contributed by atoms with Crippen molar-refractivity contribution >= 4 is 11.0 Å². The Morgan fingerprint density at radius 1 is 1.29 bits per heavy atom. The van der Waals surface area contributed by atoms with E-state index in [9.17, 15) is 0 Å². The number of nitrogens with one attached hydrogen (secondary N) is 1. The van der Waals surface area contributed by atoms with Gasteiger partial charge >= 0.3 is 0 Å². The summed E-state index contributed by atoms with van der Waals surface area (Å²) in [6.45, 7) is 9.59. The van der Waals surface area contributed by atoms with Crippen molar-refractivity contribution in [1.82, 2.24) is 5.32 Å². The molecule has 0 aliphatic carbocycles. The van der Waals surface area contributed by atoms with Crippen LogP contribution in [0, 0.1) is 13.8 Å². The Morgan fingerprint density at radius 2 is 2.06 bits per heavy atom. The van der Waals surface area contributed by atoms with Gasteiger partial charge in [0.05, 0.1) is 6.04 Å². The third-order valence-electron chi connectivity index (χ3n) is 3.35. The normalized spacial score (nSPS) is 13.2. The molecule has 0 aliphatic rings. The van der Waals surface area contributed by atoms with Gasteiger partial charge in [0.1, 0.15) is 11.3 Å². The quantitative estimate of drug-likeness (QED) is 0.856. The molecule has 2 aromatic rings. The summed E-state index contributed by atoms with van der Waals surface area (Å²) in [5, 5.41) is 4.65. The highest BCUT2D eigenvalue weighted by atomic mass is 16.3. The average molecular weight is 231 g/mol. The van der Waals surface area contributed by atoms with Crippen molar-refractivity contribution in [3.8, 4) is 0 Å². The first-order valence-electron chi connectivity index (χ1n) is 6.36. The van der Waals surface area contributed by atoms with Gasteiger partial charge in [-0.1, -0.05) is 19.1 Å². The average Bonchev–Trinajstić information content (AvgIpc) is 2.75. The zero-order valence-corrected chi connectivity index (χ0v) is 11.1. The molecule has 0 spiro atoms. The maximum absolute atomic E-state index is 5.98. The number of hydrogen-bond donors (Lipinski definition) is 1. The Labute approximate surface area is 103 Å². The fourth-order valence-corrected chi connectivity index (χ4v) is 2.04. The second-order valence-electron chi connectivity index (χ2n) is 4.75. The zero-order valence-electron chi connectivity index (χ0n) is 11.1. The van der Waals surface area contributed by atoms with E-state index in [0.29, 0.717) is 0 Å². The predicted octanol–water partition coefficient (Wildman–Crippen LogP) is 4.11. The van der Waals surface area contributed by atoms with Crippen molar-refractivity contribution in [2.24, 2.45) is 0 Å². The Hall–Kier alpha value is -1.28. The molecule has 92 valence electrons. The molecule has 1 atom stereocenters. The number of hydrogen-bond acceptors (Lipinski definition) is 2. The van der Waals surface area contributed by atoms with E-state index in [1.165, 1.54) is 16.5 Å². The first kappa shape index (κ1) is 12.2. The summed E-state index contributed by atoms with van der Waals surface area (Å²) < 4.78 is 5.98. The second-order valence-corrected chi connectivity index (χ2v) is 4.75. The molecule has 0 amide bonds. The molecule has 2 heteroatoms. The molecule has 0 saturated heterocycles. The molecule has 1 heterocycles. The van der Waals surface area contributed by atoms with Crippen LogP contribution >= 0.6 is 0 Å². The van der Waals surface area contributed by atoms with Gasteiger partial charge in [-0.25, -0.2) is 0 Å². The highest BCUT2D eigenvalue weighted by Gasteiger charge is 2.12. The zero-order chi connectivity index (χ0) is 12.4. The van der Waals surface area contributed by atoms with Crippen molar-refractivity contribution in [2.45, 2.75) is 40.2 Å². The Bertz CT molecular complexity index is 513. The minimum atomic E-state index is 0.280. The molecule has 2 rings (SSSR count). The molecule has 2 nitrogen and oxygen atoms in total. The van der Waals surface area contributed by atoms with Gasteiger partial charge in [0, 0.05) is 5.39 Å². The maximum atomic E-state index is 5.98. The van der Waals surface area contributed by atoms with Gasteiger partial charge < -0.3 is 9.73 Å². The molecule has 1 unspecified atom stereocenters. The lowest BCUT2D eigenvalue weighted by atomic mass is 10.1. The van der Waals surface area contributed by atoms with E-state index < -0.39 is 0 Å². The minimum absolute atomic E-state index is 0.280. The van der Waals surface area contributed by atoms with E-state index in [2.05, 4.69) is 51.2 Å².